The lowest BCUT2D eigenvalue weighted by Crippen LogP contribution is -2.30. The molecule has 0 aromatic heterocycles. The molecule has 5 heteroatoms. The maximum Gasteiger partial charge on any atom is 0.338 e. The first-order valence-electron chi connectivity index (χ1n) is 6.80. The van der Waals surface area contributed by atoms with Crippen molar-refractivity contribution in [3.63, 3.8) is 0 Å². The number of hydrogen-bond acceptors (Lipinski definition) is 3. The van der Waals surface area contributed by atoms with E-state index in [2.05, 4.69) is 5.32 Å². The van der Waals surface area contributed by atoms with E-state index in [9.17, 15) is 9.59 Å². The minimum atomic E-state index is -0.899. The number of nitrogens with one attached hydrogen (secondary N) is 1. The van der Waals surface area contributed by atoms with Crippen LogP contribution in [0.15, 0.2) is 48.5 Å². The molecule has 2 rings (SSSR count). The third-order valence-corrected chi connectivity index (χ3v) is 3.27. The zero-order chi connectivity index (χ0) is 16.1. The van der Waals surface area contributed by atoms with Gasteiger partial charge < -0.3 is 10.1 Å². The van der Waals surface area contributed by atoms with Crippen molar-refractivity contribution in [2.75, 3.05) is 5.32 Å². The number of carbonyl (C=O) groups is 2. The number of aryl methyl sites for hydroxylation is 1. The van der Waals surface area contributed by atoms with E-state index in [1.165, 1.54) is 6.92 Å². The van der Waals surface area contributed by atoms with Gasteiger partial charge in [-0.3, -0.25) is 4.79 Å². The Hall–Kier alpha value is -2.33. The van der Waals surface area contributed by atoms with Crippen LogP contribution in [0, 0.1) is 6.92 Å². The predicted molar refractivity (Wildman–Crippen MR) is 86.1 cm³/mol. The number of hydrogen-bond donors (Lipinski definition) is 1. The Morgan fingerprint density at radius 3 is 2.45 bits per heavy atom. The van der Waals surface area contributed by atoms with Crippen LogP contribution in [0.1, 0.15) is 22.8 Å². The van der Waals surface area contributed by atoms with Crippen LogP contribution in [0.4, 0.5) is 5.69 Å². The summed E-state index contributed by atoms with van der Waals surface area (Å²) in [7, 11) is 0. The number of esters is 1. The summed E-state index contributed by atoms with van der Waals surface area (Å²) in [6.07, 6.45) is -0.899. The quantitative estimate of drug-likeness (QED) is 0.872. The largest absolute Gasteiger partial charge is 0.449 e. The van der Waals surface area contributed by atoms with Gasteiger partial charge in [-0.25, -0.2) is 4.79 Å². The SMILES string of the molecule is Cc1cccc(NC(=O)[C@@H](C)OC(=O)c2ccc(Cl)cc2)c1. The van der Waals surface area contributed by atoms with Crippen molar-refractivity contribution in [1.29, 1.82) is 0 Å². The van der Waals surface area contributed by atoms with E-state index >= 15 is 0 Å². The predicted octanol–water partition coefficient (Wildman–Crippen LogP) is 3.83. The number of carbonyl (C=O) groups excluding carboxylic acids is 2. The second-order valence-electron chi connectivity index (χ2n) is 4.91. The highest BCUT2D eigenvalue weighted by Gasteiger charge is 2.19. The van der Waals surface area contributed by atoms with Crippen molar-refractivity contribution in [3.8, 4) is 0 Å². The van der Waals surface area contributed by atoms with Crippen LogP contribution in [0.25, 0.3) is 0 Å². The molecule has 0 aliphatic rings. The van der Waals surface area contributed by atoms with Gasteiger partial charge in [-0.05, 0) is 55.8 Å². The molecule has 0 radical (unpaired) electrons. The molecule has 0 fully saturated rings. The Morgan fingerprint density at radius 2 is 1.82 bits per heavy atom. The first-order chi connectivity index (χ1) is 10.5. The first-order valence-corrected chi connectivity index (χ1v) is 7.17. The summed E-state index contributed by atoms with van der Waals surface area (Å²) in [6.45, 7) is 3.46. The van der Waals surface area contributed by atoms with Crippen LogP contribution in [-0.4, -0.2) is 18.0 Å². The van der Waals surface area contributed by atoms with E-state index in [1.807, 2.05) is 25.1 Å². The van der Waals surface area contributed by atoms with Crippen LogP contribution in [0.3, 0.4) is 0 Å². The van der Waals surface area contributed by atoms with Gasteiger partial charge in [-0.2, -0.15) is 0 Å². The third kappa shape index (κ3) is 4.33. The van der Waals surface area contributed by atoms with Gasteiger partial charge in [0.25, 0.3) is 5.91 Å². The molecule has 0 unspecified atom stereocenters. The van der Waals surface area contributed by atoms with Gasteiger partial charge in [-0.1, -0.05) is 23.7 Å². The van der Waals surface area contributed by atoms with E-state index in [0.717, 1.165) is 5.56 Å². The number of anilines is 1. The number of ether oxygens (including phenoxy) is 1. The summed E-state index contributed by atoms with van der Waals surface area (Å²) in [5.74, 6) is -0.948. The van der Waals surface area contributed by atoms with Gasteiger partial charge in [0, 0.05) is 10.7 Å². The fourth-order valence-corrected chi connectivity index (χ4v) is 1.96. The fourth-order valence-electron chi connectivity index (χ4n) is 1.83. The molecule has 0 saturated carbocycles. The second kappa shape index (κ2) is 7.09. The minimum Gasteiger partial charge on any atom is -0.449 e. The van der Waals surface area contributed by atoms with Crippen molar-refractivity contribution in [2.24, 2.45) is 0 Å². The summed E-state index contributed by atoms with van der Waals surface area (Å²) in [4.78, 5) is 24.0. The number of amides is 1. The molecule has 0 aliphatic carbocycles. The van der Waals surface area contributed by atoms with Crippen molar-refractivity contribution in [1.82, 2.24) is 0 Å². The van der Waals surface area contributed by atoms with Crippen LogP contribution in [0.2, 0.25) is 5.02 Å². The summed E-state index contributed by atoms with van der Waals surface area (Å²) in [6, 6.07) is 13.7. The molecular weight excluding hydrogens is 302 g/mol. The van der Waals surface area contributed by atoms with Gasteiger partial charge >= 0.3 is 5.97 Å². The minimum absolute atomic E-state index is 0.347. The highest BCUT2D eigenvalue weighted by atomic mass is 35.5. The summed E-state index contributed by atoms with van der Waals surface area (Å²) in [5.41, 5.74) is 2.04. The molecular formula is C17H16ClNO3. The Kier molecular flexibility index (Phi) is 5.17. The zero-order valence-electron chi connectivity index (χ0n) is 12.3. The lowest BCUT2D eigenvalue weighted by atomic mass is 10.2. The van der Waals surface area contributed by atoms with Crippen LogP contribution < -0.4 is 5.32 Å². The summed E-state index contributed by atoms with van der Waals surface area (Å²) < 4.78 is 5.15. The molecule has 2 aromatic rings. The number of rotatable bonds is 4. The van der Waals surface area contributed by atoms with Crippen LogP contribution in [-0.2, 0) is 9.53 Å². The van der Waals surface area contributed by atoms with Crippen molar-refractivity contribution in [2.45, 2.75) is 20.0 Å². The molecule has 22 heavy (non-hydrogen) atoms. The Balaban J connectivity index is 1.96. The Morgan fingerprint density at radius 1 is 1.14 bits per heavy atom. The van der Waals surface area contributed by atoms with Crippen molar-refractivity contribution in [3.05, 3.63) is 64.7 Å². The van der Waals surface area contributed by atoms with E-state index in [0.29, 0.717) is 16.3 Å². The topological polar surface area (TPSA) is 55.4 Å². The summed E-state index contributed by atoms with van der Waals surface area (Å²) in [5, 5.41) is 3.24. The monoisotopic (exact) mass is 317 g/mol. The number of halogens is 1. The maximum absolute atomic E-state index is 12.0. The summed E-state index contributed by atoms with van der Waals surface area (Å²) >= 11 is 5.76. The molecule has 0 heterocycles. The van der Waals surface area contributed by atoms with E-state index < -0.39 is 12.1 Å². The molecule has 1 amide bonds. The van der Waals surface area contributed by atoms with Gasteiger partial charge in [0.1, 0.15) is 0 Å². The fraction of sp³-hybridized carbons (Fsp3) is 0.176. The molecule has 0 spiro atoms. The van der Waals surface area contributed by atoms with Gasteiger partial charge in [0.2, 0.25) is 0 Å². The normalized spacial score (nSPS) is 11.6. The van der Waals surface area contributed by atoms with E-state index in [-0.39, 0.29) is 5.91 Å². The lowest BCUT2D eigenvalue weighted by molar-refractivity contribution is -0.123. The molecule has 0 bridgehead atoms. The molecule has 4 nitrogen and oxygen atoms in total. The van der Waals surface area contributed by atoms with Gasteiger partial charge in [0.15, 0.2) is 6.10 Å². The highest BCUT2D eigenvalue weighted by Crippen LogP contribution is 2.13. The standard InChI is InChI=1S/C17H16ClNO3/c1-11-4-3-5-15(10-11)19-16(20)12(2)22-17(21)13-6-8-14(18)9-7-13/h3-10,12H,1-2H3,(H,19,20)/t12-/m1/s1. The molecule has 114 valence electrons. The highest BCUT2D eigenvalue weighted by molar-refractivity contribution is 6.30. The van der Waals surface area contributed by atoms with Crippen LogP contribution >= 0.6 is 11.6 Å². The smallest absolute Gasteiger partial charge is 0.338 e. The average molecular weight is 318 g/mol. The average Bonchev–Trinajstić information content (AvgIpc) is 2.47. The zero-order valence-corrected chi connectivity index (χ0v) is 13.1. The van der Waals surface area contributed by atoms with Crippen molar-refractivity contribution < 1.29 is 14.3 Å². The molecule has 0 saturated heterocycles. The van der Waals surface area contributed by atoms with Crippen LogP contribution in [0.5, 0.6) is 0 Å². The lowest BCUT2D eigenvalue weighted by Gasteiger charge is -2.14. The van der Waals surface area contributed by atoms with E-state index in [1.54, 1.807) is 30.3 Å². The van der Waals surface area contributed by atoms with E-state index in [4.69, 9.17) is 16.3 Å². The molecule has 2 aromatic carbocycles. The molecule has 0 aliphatic heterocycles. The number of benzene rings is 2. The second-order valence-corrected chi connectivity index (χ2v) is 5.35. The van der Waals surface area contributed by atoms with Gasteiger partial charge in [-0.15, -0.1) is 0 Å². The Labute approximate surface area is 134 Å². The van der Waals surface area contributed by atoms with Crippen molar-refractivity contribution >= 4 is 29.2 Å². The molecule has 1 N–H and O–H groups in total. The third-order valence-electron chi connectivity index (χ3n) is 3.02. The maximum atomic E-state index is 12.0. The molecule has 1 atom stereocenters. The first kappa shape index (κ1) is 16.0. The Bertz CT molecular complexity index is 683. The van der Waals surface area contributed by atoms with Gasteiger partial charge in [0.05, 0.1) is 5.56 Å².